The third-order valence-electron chi connectivity index (χ3n) is 3.13. The van der Waals surface area contributed by atoms with Crippen LogP contribution in [-0.4, -0.2) is 38.1 Å². The molecule has 0 spiro atoms. The van der Waals surface area contributed by atoms with Crippen LogP contribution in [0.3, 0.4) is 0 Å². The Bertz CT molecular complexity index is 215. The molecule has 0 radical (unpaired) electrons. The summed E-state index contributed by atoms with van der Waals surface area (Å²) in [6.45, 7) is 5.92. The molecule has 0 aromatic heterocycles. The largest absolute Gasteiger partial charge is 0.465 e. The second-order valence-electron chi connectivity index (χ2n) is 4.86. The Balaban J connectivity index is 2.69. The van der Waals surface area contributed by atoms with Crippen LogP contribution in [-0.2, 0) is 9.53 Å². The molecule has 3 heteroatoms. The van der Waals surface area contributed by atoms with Crippen molar-refractivity contribution in [1.29, 1.82) is 0 Å². The Morgan fingerprint density at radius 2 is 2.21 bits per heavy atom. The topological polar surface area (TPSA) is 29.5 Å². The molecule has 0 amide bonds. The standard InChI is InChI=1S/C11H21NO2/c1-5-9-6-10(13)14-8-11(9,2)7-12(3)4/h9H,5-8H2,1-4H3. The van der Waals surface area contributed by atoms with E-state index in [1.807, 2.05) is 0 Å². The van der Waals surface area contributed by atoms with Crippen LogP contribution in [0, 0.1) is 11.3 Å². The molecule has 0 aromatic rings. The number of rotatable bonds is 3. The lowest BCUT2D eigenvalue weighted by atomic mass is 9.73. The third-order valence-corrected chi connectivity index (χ3v) is 3.13. The van der Waals surface area contributed by atoms with Gasteiger partial charge < -0.3 is 9.64 Å². The van der Waals surface area contributed by atoms with Crippen molar-refractivity contribution in [2.45, 2.75) is 26.7 Å². The first-order valence-electron chi connectivity index (χ1n) is 5.28. The number of nitrogens with zero attached hydrogens (tertiary/aromatic N) is 1. The summed E-state index contributed by atoms with van der Waals surface area (Å²) in [7, 11) is 4.13. The number of esters is 1. The molecule has 0 bridgehead atoms. The molecule has 1 heterocycles. The predicted octanol–water partition coefficient (Wildman–Crippen LogP) is 1.53. The van der Waals surface area contributed by atoms with E-state index in [2.05, 4.69) is 32.8 Å². The zero-order chi connectivity index (χ0) is 10.8. The fourth-order valence-electron chi connectivity index (χ4n) is 2.40. The molecule has 1 aliphatic rings. The van der Waals surface area contributed by atoms with Crippen molar-refractivity contribution in [3.05, 3.63) is 0 Å². The molecule has 82 valence electrons. The molecule has 2 atom stereocenters. The number of cyclic esters (lactones) is 1. The lowest BCUT2D eigenvalue weighted by Crippen LogP contribution is -2.46. The summed E-state index contributed by atoms with van der Waals surface area (Å²) in [6, 6.07) is 0. The molecule has 14 heavy (non-hydrogen) atoms. The van der Waals surface area contributed by atoms with E-state index < -0.39 is 0 Å². The Labute approximate surface area is 86.4 Å². The van der Waals surface area contributed by atoms with Gasteiger partial charge in [-0.2, -0.15) is 0 Å². The van der Waals surface area contributed by atoms with Crippen LogP contribution in [0.4, 0.5) is 0 Å². The van der Waals surface area contributed by atoms with Crippen LogP contribution < -0.4 is 0 Å². The van der Waals surface area contributed by atoms with Crippen LogP contribution in [0.5, 0.6) is 0 Å². The normalized spacial score (nSPS) is 33.2. The van der Waals surface area contributed by atoms with Gasteiger partial charge in [-0.05, 0) is 20.0 Å². The fraction of sp³-hybridized carbons (Fsp3) is 0.909. The number of carbonyl (C=O) groups excluding carboxylic acids is 1. The number of ether oxygens (including phenoxy) is 1. The summed E-state index contributed by atoms with van der Waals surface area (Å²) in [4.78, 5) is 13.3. The van der Waals surface area contributed by atoms with E-state index in [0.717, 1.165) is 13.0 Å². The Kier molecular flexibility index (Phi) is 3.53. The van der Waals surface area contributed by atoms with E-state index in [1.54, 1.807) is 0 Å². The van der Waals surface area contributed by atoms with Gasteiger partial charge in [-0.25, -0.2) is 0 Å². The average Bonchev–Trinajstić information content (AvgIpc) is 2.08. The van der Waals surface area contributed by atoms with Gasteiger partial charge >= 0.3 is 5.97 Å². The predicted molar refractivity (Wildman–Crippen MR) is 56.0 cm³/mol. The number of carbonyl (C=O) groups is 1. The summed E-state index contributed by atoms with van der Waals surface area (Å²) in [5, 5.41) is 0. The van der Waals surface area contributed by atoms with E-state index in [1.165, 1.54) is 0 Å². The molecule has 1 saturated heterocycles. The fourth-order valence-corrected chi connectivity index (χ4v) is 2.40. The van der Waals surface area contributed by atoms with Crippen LogP contribution in [0.2, 0.25) is 0 Å². The summed E-state index contributed by atoms with van der Waals surface area (Å²) in [5.74, 6) is 0.430. The molecule has 1 aliphatic heterocycles. The van der Waals surface area contributed by atoms with Crippen molar-refractivity contribution in [3.8, 4) is 0 Å². The second-order valence-corrected chi connectivity index (χ2v) is 4.86. The van der Waals surface area contributed by atoms with Crippen LogP contribution in [0.15, 0.2) is 0 Å². The minimum Gasteiger partial charge on any atom is -0.465 e. The maximum absolute atomic E-state index is 11.2. The Morgan fingerprint density at radius 3 is 2.71 bits per heavy atom. The second kappa shape index (κ2) is 4.30. The maximum Gasteiger partial charge on any atom is 0.306 e. The highest BCUT2D eigenvalue weighted by Crippen LogP contribution is 2.37. The van der Waals surface area contributed by atoms with Gasteiger partial charge in [0.05, 0.1) is 6.61 Å². The van der Waals surface area contributed by atoms with Gasteiger partial charge in [-0.15, -0.1) is 0 Å². The smallest absolute Gasteiger partial charge is 0.306 e. The molecule has 1 fully saturated rings. The van der Waals surface area contributed by atoms with Gasteiger partial charge in [0.25, 0.3) is 0 Å². The van der Waals surface area contributed by atoms with Crippen molar-refractivity contribution in [3.63, 3.8) is 0 Å². The highest BCUT2D eigenvalue weighted by Gasteiger charge is 2.40. The van der Waals surface area contributed by atoms with Crippen molar-refractivity contribution in [2.24, 2.45) is 11.3 Å². The zero-order valence-electron chi connectivity index (χ0n) is 9.67. The van der Waals surface area contributed by atoms with Gasteiger partial charge in [0.2, 0.25) is 0 Å². The van der Waals surface area contributed by atoms with Crippen molar-refractivity contribution < 1.29 is 9.53 Å². The molecule has 1 rings (SSSR count). The quantitative estimate of drug-likeness (QED) is 0.646. The van der Waals surface area contributed by atoms with Gasteiger partial charge in [0.15, 0.2) is 0 Å². The van der Waals surface area contributed by atoms with Crippen molar-refractivity contribution in [2.75, 3.05) is 27.2 Å². The molecule has 3 nitrogen and oxygen atoms in total. The molecule has 0 aromatic carbocycles. The van der Waals surface area contributed by atoms with Gasteiger partial charge in [0, 0.05) is 18.4 Å². The molecule has 0 saturated carbocycles. The SMILES string of the molecule is CCC1CC(=O)OCC1(C)CN(C)C. The highest BCUT2D eigenvalue weighted by atomic mass is 16.5. The average molecular weight is 199 g/mol. The highest BCUT2D eigenvalue weighted by molar-refractivity contribution is 5.70. The molecular formula is C11H21NO2. The zero-order valence-corrected chi connectivity index (χ0v) is 9.67. The van der Waals surface area contributed by atoms with Gasteiger partial charge in [-0.3, -0.25) is 4.79 Å². The number of hydrogen-bond donors (Lipinski definition) is 0. The van der Waals surface area contributed by atoms with E-state index in [9.17, 15) is 4.79 Å². The van der Waals surface area contributed by atoms with E-state index in [4.69, 9.17) is 4.74 Å². The monoisotopic (exact) mass is 199 g/mol. The van der Waals surface area contributed by atoms with E-state index >= 15 is 0 Å². The summed E-state index contributed by atoms with van der Waals surface area (Å²) >= 11 is 0. The summed E-state index contributed by atoms with van der Waals surface area (Å²) < 4.78 is 5.16. The van der Waals surface area contributed by atoms with Gasteiger partial charge in [-0.1, -0.05) is 20.3 Å². The third kappa shape index (κ3) is 2.47. The lowest BCUT2D eigenvalue weighted by molar-refractivity contribution is -0.160. The summed E-state index contributed by atoms with van der Waals surface area (Å²) in [5.41, 5.74) is 0.131. The maximum atomic E-state index is 11.2. The lowest BCUT2D eigenvalue weighted by Gasteiger charge is -2.41. The van der Waals surface area contributed by atoms with Crippen LogP contribution >= 0.6 is 0 Å². The molecule has 0 N–H and O–H groups in total. The molecule has 0 aliphatic carbocycles. The van der Waals surface area contributed by atoms with Crippen LogP contribution in [0.1, 0.15) is 26.7 Å². The van der Waals surface area contributed by atoms with E-state index in [-0.39, 0.29) is 11.4 Å². The molecule has 2 unspecified atom stereocenters. The first-order valence-corrected chi connectivity index (χ1v) is 5.28. The van der Waals surface area contributed by atoms with Gasteiger partial charge in [0.1, 0.15) is 0 Å². The first-order chi connectivity index (χ1) is 6.48. The minimum atomic E-state index is -0.0342. The van der Waals surface area contributed by atoms with Crippen molar-refractivity contribution >= 4 is 5.97 Å². The Hall–Kier alpha value is -0.570. The van der Waals surface area contributed by atoms with Crippen molar-refractivity contribution in [1.82, 2.24) is 4.90 Å². The number of hydrogen-bond acceptors (Lipinski definition) is 3. The molecular weight excluding hydrogens is 178 g/mol. The van der Waals surface area contributed by atoms with E-state index in [0.29, 0.717) is 18.9 Å². The van der Waals surface area contributed by atoms with Crippen LogP contribution in [0.25, 0.3) is 0 Å². The Morgan fingerprint density at radius 1 is 1.57 bits per heavy atom. The first kappa shape index (κ1) is 11.5. The summed E-state index contributed by atoms with van der Waals surface area (Å²) in [6.07, 6.45) is 1.64. The minimum absolute atomic E-state index is 0.0342.